The number of rotatable bonds is 2. The van der Waals surface area contributed by atoms with Crippen molar-refractivity contribution < 1.29 is 23.3 Å². The third-order valence-corrected chi connectivity index (χ3v) is 5.56. The predicted octanol–water partition coefficient (Wildman–Crippen LogP) is 9.14. The first-order chi connectivity index (χ1) is 14.2. The van der Waals surface area contributed by atoms with Gasteiger partial charge in [0.05, 0.1) is 0 Å². The fraction of sp³-hybridized carbons (Fsp3) is 0.321. The number of fused-ring (bicyclic) bond motifs is 1. The fourth-order valence-corrected chi connectivity index (χ4v) is 3.52. The first-order valence-corrected chi connectivity index (χ1v) is 17.0. The van der Waals surface area contributed by atoms with Crippen LogP contribution in [0.25, 0.3) is 21.9 Å². The van der Waals surface area contributed by atoms with Crippen molar-refractivity contribution in [2.45, 2.75) is 54.1 Å². The van der Waals surface area contributed by atoms with E-state index in [0.717, 1.165) is 6.42 Å². The van der Waals surface area contributed by atoms with Gasteiger partial charge >= 0.3 is 41.9 Å². The standard InChI is InChI=1S/C17H15.C9H13.C2H6Si.2ClH.Zr/c1-2-13-6-5-8-15(12-13)17-11-10-14-7-3-4-9-16(14)17;1-6-5-7(2)9(4)8(6)3;1-3-2;;;/h3-12H,2H2,1H3;6H,1-4H3;1-2H3;2*1H;/q2*-1;;;;+2. The average Bonchev–Trinajstić information content (AvgIpc) is 3.25. The minimum atomic E-state index is 0. The van der Waals surface area contributed by atoms with Crippen molar-refractivity contribution in [2.24, 2.45) is 5.92 Å². The van der Waals surface area contributed by atoms with Crippen molar-refractivity contribution in [3.63, 3.8) is 0 Å². The third-order valence-electron chi connectivity index (χ3n) is 5.56. The van der Waals surface area contributed by atoms with Crippen molar-refractivity contribution in [1.82, 2.24) is 0 Å². The molecule has 3 aromatic rings. The van der Waals surface area contributed by atoms with Gasteiger partial charge in [0.15, 0.2) is 0 Å². The number of hydrogen-bond acceptors (Lipinski definition) is 0. The van der Waals surface area contributed by atoms with Gasteiger partial charge in [0.1, 0.15) is 0 Å². The van der Waals surface area contributed by atoms with E-state index >= 15 is 0 Å². The Morgan fingerprint density at radius 3 is 2.12 bits per heavy atom. The molecule has 0 saturated heterocycles. The van der Waals surface area contributed by atoms with E-state index in [1.807, 2.05) is 0 Å². The van der Waals surface area contributed by atoms with Gasteiger partial charge in [-0.05, 0) is 12.0 Å². The summed E-state index contributed by atoms with van der Waals surface area (Å²) >= 11 is 1.74. The molecule has 1 aliphatic rings. The number of aryl methyl sites for hydroxylation is 1. The number of allylic oxidation sites excluding steroid dienone is 4. The molecule has 3 aromatic carbocycles. The van der Waals surface area contributed by atoms with Crippen LogP contribution in [0.1, 0.15) is 40.2 Å². The molecule has 0 amide bonds. The molecule has 32 heavy (non-hydrogen) atoms. The minimum absolute atomic E-state index is 0. The summed E-state index contributed by atoms with van der Waals surface area (Å²) in [5.41, 5.74) is 8.52. The maximum atomic E-state index is 3.36. The molecule has 0 aromatic heterocycles. The fourth-order valence-electron chi connectivity index (χ4n) is 3.52. The second-order valence-corrected chi connectivity index (χ2v) is 17.6. The molecule has 1 atom stereocenters. The van der Waals surface area contributed by atoms with Crippen LogP contribution in [0.15, 0.2) is 77.4 Å². The average molecular weight is 563 g/mol. The van der Waals surface area contributed by atoms with Crippen molar-refractivity contribution >= 4 is 41.0 Å². The normalized spacial score (nSPS) is 14.3. The molecule has 1 unspecified atom stereocenters. The maximum absolute atomic E-state index is 3.36. The SMILES string of the molecule is CC1=[C-]C(C)C(C)=C1C.CCc1cccc(-c2c[cH-]c3ccccc23)c1.C[Si](C)=[Zr+2].Cl.Cl. The van der Waals surface area contributed by atoms with Gasteiger partial charge in [-0.15, -0.1) is 78.4 Å². The summed E-state index contributed by atoms with van der Waals surface area (Å²) in [5.74, 6) is 0.560. The molecular formula is C28H36Cl2SiZr. The monoisotopic (exact) mass is 560 g/mol. The molecule has 0 fully saturated rings. The largest absolute Gasteiger partial charge is 0.147 e. The van der Waals surface area contributed by atoms with E-state index in [4.69, 9.17) is 0 Å². The summed E-state index contributed by atoms with van der Waals surface area (Å²) in [5, 5.41) is 2.67. The molecule has 0 saturated carbocycles. The maximum Gasteiger partial charge on any atom is -0.147 e. The van der Waals surface area contributed by atoms with E-state index < -0.39 is 0 Å². The molecule has 170 valence electrons. The van der Waals surface area contributed by atoms with Crippen molar-refractivity contribution in [2.75, 3.05) is 0 Å². The molecule has 0 radical (unpaired) electrons. The van der Waals surface area contributed by atoms with E-state index in [9.17, 15) is 0 Å². The third kappa shape index (κ3) is 8.86. The van der Waals surface area contributed by atoms with Crippen LogP contribution >= 0.6 is 24.8 Å². The van der Waals surface area contributed by atoms with Crippen molar-refractivity contribution in [1.29, 1.82) is 0 Å². The number of benzene rings is 2. The minimum Gasteiger partial charge on any atom is -0.147 e. The summed E-state index contributed by atoms with van der Waals surface area (Å²) < 4.78 is 0. The molecule has 0 nitrogen and oxygen atoms in total. The topological polar surface area (TPSA) is 0 Å². The Balaban J connectivity index is 0.000000547. The summed E-state index contributed by atoms with van der Waals surface area (Å²) in [6.07, 6.45) is 4.45. The second kappa shape index (κ2) is 15.2. The van der Waals surface area contributed by atoms with Crippen LogP contribution in [-0.4, -0.2) is 5.43 Å². The first kappa shape index (κ1) is 31.2. The van der Waals surface area contributed by atoms with Crippen LogP contribution in [0.2, 0.25) is 13.1 Å². The zero-order chi connectivity index (χ0) is 22.3. The Morgan fingerprint density at radius 2 is 1.62 bits per heavy atom. The van der Waals surface area contributed by atoms with Crippen LogP contribution < -0.4 is 0 Å². The summed E-state index contributed by atoms with van der Waals surface area (Å²) in [6, 6.07) is 21.8. The van der Waals surface area contributed by atoms with Gasteiger partial charge in [-0.2, -0.15) is 11.1 Å². The van der Waals surface area contributed by atoms with Gasteiger partial charge in [0.2, 0.25) is 0 Å². The molecule has 0 bridgehead atoms. The van der Waals surface area contributed by atoms with Gasteiger partial charge < -0.3 is 0 Å². The van der Waals surface area contributed by atoms with Crippen LogP contribution in [0.5, 0.6) is 0 Å². The van der Waals surface area contributed by atoms with E-state index in [-0.39, 0.29) is 30.2 Å². The van der Waals surface area contributed by atoms with E-state index in [1.54, 1.807) is 23.3 Å². The molecule has 0 aliphatic heterocycles. The predicted molar refractivity (Wildman–Crippen MR) is 146 cm³/mol. The molecule has 1 aliphatic carbocycles. The zero-order valence-corrected chi connectivity index (χ0v) is 25.5. The van der Waals surface area contributed by atoms with Gasteiger partial charge in [0, 0.05) is 0 Å². The molecule has 0 spiro atoms. The second-order valence-electron chi connectivity index (χ2n) is 8.19. The van der Waals surface area contributed by atoms with Crippen molar-refractivity contribution in [3.8, 4) is 11.1 Å². The van der Waals surface area contributed by atoms with Crippen molar-refractivity contribution in [3.05, 3.63) is 89.0 Å². The smallest absolute Gasteiger partial charge is 0.147 e. The van der Waals surface area contributed by atoms with Gasteiger partial charge in [-0.3, -0.25) is 6.08 Å². The first-order valence-electron chi connectivity index (χ1n) is 10.8. The summed E-state index contributed by atoms with van der Waals surface area (Å²) in [4.78, 5) is 0. The molecule has 0 N–H and O–H groups in total. The van der Waals surface area contributed by atoms with Gasteiger partial charge in [0.25, 0.3) is 0 Å². The van der Waals surface area contributed by atoms with E-state index in [1.165, 1.54) is 44.2 Å². The Labute approximate surface area is 223 Å². The van der Waals surface area contributed by atoms with E-state index in [2.05, 4.69) is 114 Å². The van der Waals surface area contributed by atoms with E-state index in [0.29, 0.717) is 5.92 Å². The zero-order valence-electron chi connectivity index (χ0n) is 20.4. The van der Waals surface area contributed by atoms with Crippen LogP contribution in [0.4, 0.5) is 0 Å². The summed E-state index contributed by atoms with van der Waals surface area (Å²) in [6.45, 7) is 15.5. The van der Waals surface area contributed by atoms with Crippen LogP contribution in [0, 0.1) is 12.0 Å². The molecular weight excluding hydrogens is 527 g/mol. The molecule has 0 heterocycles. The summed E-state index contributed by atoms with van der Waals surface area (Å²) in [7, 11) is 0. The number of halogens is 2. The quantitative estimate of drug-likeness (QED) is 0.216. The Hall–Kier alpha value is -0.790. The van der Waals surface area contributed by atoms with Gasteiger partial charge in [-0.1, -0.05) is 69.5 Å². The van der Waals surface area contributed by atoms with Gasteiger partial charge in [-0.25, -0.2) is 5.57 Å². The Morgan fingerprint density at radius 1 is 1.00 bits per heavy atom. The Bertz CT molecular complexity index is 1070. The Kier molecular flexibility index (Phi) is 14.8. The van der Waals surface area contributed by atoms with Crippen LogP contribution in [-0.2, 0) is 29.8 Å². The molecule has 4 rings (SSSR count). The number of hydrogen-bond donors (Lipinski definition) is 0. The van der Waals surface area contributed by atoms with Crippen LogP contribution in [0.3, 0.4) is 0 Å². The molecule has 4 heteroatoms.